The average Bonchev–Trinajstić information content (AvgIpc) is 2.29. The molecule has 1 aromatic rings. The molecule has 1 amide bonds. The van der Waals surface area contributed by atoms with Gasteiger partial charge in [-0.15, -0.1) is 0 Å². The Labute approximate surface area is 106 Å². The van der Waals surface area contributed by atoms with Gasteiger partial charge in [-0.3, -0.25) is 4.79 Å². The molecular weight excluding hydrogens is 240 g/mol. The number of halogens is 1. The smallest absolute Gasteiger partial charge is 0.242 e. The second-order valence-electron chi connectivity index (χ2n) is 3.66. The molecule has 1 rings (SSSR count). The predicted octanol–water partition coefficient (Wildman–Crippen LogP) is 1.90. The quantitative estimate of drug-likeness (QED) is 0.765. The van der Waals surface area contributed by atoms with Gasteiger partial charge in [0.1, 0.15) is 6.04 Å². The Morgan fingerprint density at radius 3 is 2.94 bits per heavy atom. The minimum Gasteiger partial charge on any atom is -0.383 e. The standard InChI is InChI=1S/C12H17ClN2O2/c1-9(12(16)14-6-7-17-2)15-11-5-3-4-10(13)8-11/h3-5,8-9,15H,6-7H2,1-2H3,(H,14,16). The number of methoxy groups -OCH3 is 1. The number of hydrogen-bond acceptors (Lipinski definition) is 3. The lowest BCUT2D eigenvalue weighted by atomic mass is 10.2. The van der Waals surface area contributed by atoms with Gasteiger partial charge in [-0.1, -0.05) is 17.7 Å². The monoisotopic (exact) mass is 256 g/mol. The van der Waals surface area contributed by atoms with Crippen LogP contribution in [0.15, 0.2) is 24.3 Å². The lowest BCUT2D eigenvalue weighted by molar-refractivity contribution is -0.121. The summed E-state index contributed by atoms with van der Waals surface area (Å²) in [7, 11) is 1.60. The van der Waals surface area contributed by atoms with Gasteiger partial charge in [0.2, 0.25) is 5.91 Å². The molecule has 94 valence electrons. The summed E-state index contributed by atoms with van der Waals surface area (Å²) >= 11 is 5.85. The summed E-state index contributed by atoms with van der Waals surface area (Å²) in [6.45, 7) is 2.82. The first-order valence-electron chi connectivity index (χ1n) is 5.42. The topological polar surface area (TPSA) is 50.4 Å². The SMILES string of the molecule is COCCNC(=O)C(C)Nc1cccc(Cl)c1. The molecule has 5 heteroatoms. The van der Waals surface area contributed by atoms with Crippen molar-refractivity contribution in [2.75, 3.05) is 25.6 Å². The largest absolute Gasteiger partial charge is 0.383 e. The van der Waals surface area contributed by atoms with Gasteiger partial charge >= 0.3 is 0 Å². The van der Waals surface area contributed by atoms with Gasteiger partial charge in [-0.2, -0.15) is 0 Å². The second-order valence-corrected chi connectivity index (χ2v) is 4.10. The van der Waals surface area contributed by atoms with Crippen molar-refractivity contribution in [3.05, 3.63) is 29.3 Å². The minimum absolute atomic E-state index is 0.0676. The summed E-state index contributed by atoms with van der Waals surface area (Å²) in [6.07, 6.45) is 0. The van der Waals surface area contributed by atoms with Crippen molar-refractivity contribution in [3.63, 3.8) is 0 Å². The highest BCUT2D eigenvalue weighted by Crippen LogP contribution is 2.15. The number of benzene rings is 1. The van der Waals surface area contributed by atoms with Crippen LogP contribution in [-0.4, -0.2) is 32.2 Å². The number of hydrogen-bond donors (Lipinski definition) is 2. The van der Waals surface area contributed by atoms with Crippen molar-refractivity contribution >= 4 is 23.2 Å². The van der Waals surface area contributed by atoms with Crippen LogP contribution in [0.4, 0.5) is 5.69 Å². The molecule has 0 fully saturated rings. The molecule has 0 heterocycles. The zero-order valence-corrected chi connectivity index (χ0v) is 10.8. The van der Waals surface area contributed by atoms with Crippen LogP contribution in [-0.2, 0) is 9.53 Å². The van der Waals surface area contributed by atoms with Gasteiger partial charge in [0.05, 0.1) is 6.61 Å². The molecule has 0 saturated heterocycles. The van der Waals surface area contributed by atoms with E-state index in [1.807, 2.05) is 12.1 Å². The number of rotatable bonds is 6. The van der Waals surface area contributed by atoms with Crippen LogP contribution < -0.4 is 10.6 Å². The molecule has 1 aromatic carbocycles. The van der Waals surface area contributed by atoms with Gasteiger partial charge in [0.25, 0.3) is 0 Å². The first-order valence-corrected chi connectivity index (χ1v) is 5.80. The van der Waals surface area contributed by atoms with Crippen LogP contribution in [0.5, 0.6) is 0 Å². The Morgan fingerprint density at radius 1 is 1.53 bits per heavy atom. The fraction of sp³-hybridized carbons (Fsp3) is 0.417. The number of carbonyl (C=O) groups excluding carboxylic acids is 1. The van der Waals surface area contributed by atoms with Gasteiger partial charge in [-0.05, 0) is 25.1 Å². The molecule has 0 radical (unpaired) electrons. The first kappa shape index (κ1) is 13.8. The van der Waals surface area contributed by atoms with E-state index in [1.165, 1.54) is 0 Å². The predicted molar refractivity (Wildman–Crippen MR) is 69.4 cm³/mol. The Balaban J connectivity index is 2.43. The van der Waals surface area contributed by atoms with Gasteiger partial charge in [0.15, 0.2) is 0 Å². The molecule has 2 N–H and O–H groups in total. The molecule has 0 aliphatic heterocycles. The van der Waals surface area contributed by atoms with E-state index in [9.17, 15) is 4.79 Å². The highest BCUT2D eigenvalue weighted by Gasteiger charge is 2.11. The molecule has 0 aromatic heterocycles. The average molecular weight is 257 g/mol. The van der Waals surface area contributed by atoms with Crippen molar-refractivity contribution in [2.45, 2.75) is 13.0 Å². The molecule has 0 aliphatic carbocycles. The number of carbonyl (C=O) groups is 1. The van der Waals surface area contributed by atoms with Crippen LogP contribution in [0.3, 0.4) is 0 Å². The van der Waals surface area contributed by atoms with Crippen molar-refractivity contribution in [1.29, 1.82) is 0 Å². The maximum Gasteiger partial charge on any atom is 0.242 e. The zero-order valence-electron chi connectivity index (χ0n) is 10.00. The molecular formula is C12H17ClN2O2. The molecule has 0 aliphatic rings. The summed E-state index contributed by atoms with van der Waals surface area (Å²) in [5, 5.41) is 6.47. The molecule has 0 saturated carbocycles. The van der Waals surface area contributed by atoms with Crippen LogP contribution >= 0.6 is 11.6 Å². The number of nitrogens with one attached hydrogen (secondary N) is 2. The molecule has 4 nitrogen and oxygen atoms in total. The summed E-state index contributed by atoms with van der Waals surface area (Å²) in [5.41, 5.74) is 0.826. The second kappa shape index (κ2) is 7.14. The maximum atomic E-state index is 11.6. The molecule has 0 spiro atoms. The number of anilines is 1. The highest BCUT2D eigenvalue weighted by molar-refractivity contribution is 6.30. The van der Waals surface area contributed by atoms with E-state index in [0.717, 1.165) is 5.69 Å². The van der Waals surface area contributed by atoms with Crippen LogP contribution in [0.2, 0.25) is 5.02 Å². The maximum absolute atomic E-state index is 11.6. The Morgan fingerprint density at radius 2 is 2.29 bits per heavy atom. The number of ether oxygens (including phenoxy) is 1. The van der Waals surface area contributed by atoms with Crippen molar-refractivity contribution in [3.8, 4) is 0 Å². The highest BCUT2D eigenvalue weighted by atomic mass is 35.5. The third kappa shape index (κ3) is 5.06. The fourth-order valence-corrected chi connectivity index (χ4v) is 1.51. The fourth-order valence-electron chi connectivity index (χ4n) is 1.32. The van der Waals surface area contributed by atoms with E-state index >= 15 is 0 Å². The lowest BCUT2D eigenvalue weighted by Gasteiger charge is -2.15. The van der Waals surface area contributed by atoms with Crippen molar-refractivity contribution in [2.24, 2.45) is 0 Å². The summed E-state index contributed by atoms with van der Waals surface area (Å²) < 4.78 is 4.85. The van der Waals surface area contributed by atoms with Gasteiger partial charge in [0, 0.05) is 24.4 Å². The van der Waals surface area contributed by atoms with Crippen molar-refractivity contribution in [1.82, 2.24) is 5.32 Å². The molecule has 1 atom stereocenters. The lowest BCUT2D eigenvalue weighted by Crippen LogP contribution is -2.39. The molecule has 1 unspecified atom stereocenters. The Hall–Kier alpha value is -1.26. The van der Waals surface area contributed by atoms with E-state index in [0.29, 0.717) is 18.2 Å². The zero-order chi connectivity index (χ0) is 12.7. The molecule has 17 heavy (non-hydrogen) atoms. The van der Waals surface area contributed by atoms with Crippen LogP contribution in [0.25, 0.3) is 0 Å². The van der Waals surface area contributed by atoms with Crippen molar-refractivity contribution < 1.29 is 9.53 Å². The minimum atomic E-state index is -0.315. The third-order valence-corrected chi connectivity index (χ3v) is 2.44. The van der Waals surface area contributed by atoms with Gasteiger partial charge < -0.3 is 15.4 Å². The van der Waals surface area contributed by atoms with E-state index in [2.05, 4.69) is 10.6 Å². The molecule has 0 bridgehead atoms. The van der Waals surface area contributed by atoms with Gasteiger partial charge in [-0.25, -0.2) is 0 Å². The third-order valence-electron chi connectivity index (χ3n) is 2.21. The van der Waals surface area contributed by atoms with Crippen LogP contribution in [0, 0.1) is 0 Å². The van der Waals surface area contributed by atoms with E-state index in [-0.39, 0.29) is 11.9 Å². The summed E-state index contributed by atoms with van der Waals surface area (Å²) in [4.78, 5) is 11.6. The number of amides is 1. The van der Waals surface area contributed by atoms with E-state index < -0.39 is 0 Å². The summed E-state index contributed by atoms with van der Waals surface area (Å²) in [5.74, 6) is -0.0676. The Bertz CT molecular complexity index is 371. The summed E-state index contributed by atoms with van der Waals surface area (Å²) in [6, 6.07) is 6.95. The van der Waals surface area contributed by atoms with Crippen LogP contribution in [0.1, 0.15) is 6.92 Å². The normalized spacial score (nSPS) is 11.9. The van der Waals surface area contributed by atoms with E-state index in [4.69, 9.17) is 16.3 Å². The van der Waals surface area contributed by atoms with E-state index in [1.54, 1.807) is 26.2 Å². The Kier molecular flexibility index (Phi) is 5.80. The first-order chi connectivity index (χ1) is 8.13.